The van der Waals surface area contributed by atoms with Gasteiger partial charge in [-0.25, -0.2) is 0 Å². The van der Waals surface area contributed by atoms with Crippen LogP contribution >= 0.6 is 11.3 Å². The van der Waals surface area contributed by atoms with Crippen LogP contribution in [0.4, 0.5) is 5.69 Å². The SMILES string of the molecule is CC(=O)NCC(=O)Nc1ccccc1Cc1nc(-c2cccs2)no1. The van der Waals surface area contributed by atoms with Crippen molar-refractivity contribution in [1.82, 2.24) is 15.5 Å². The summed E-state index contributed by atoms with van der Waals surface area (Å²) in [5.41, 5.74) is 1.49. The zero-order chi connectivity index (χ0) is 17.6. The van der Waals surface area contributed by atoms with Gasteiger partial charge >= 0.3 is 0 Å². The van der Waals surface area contributed by atoms with Crippen molar-refractivity contribution < 1.29 is 14.1 Å². The highest BCUT2D eigenvalue weighted by Crippen LogP contribution is 2.23. The number of para-hydroxylation sites is 1. The summed E-state index contributed by atoms with van der Waals surface area (Å²) in [6.07, 6.45) is 0.398. The van der Waals surface area contributed by atoms with E-state index in [9.17, 15) is 9.59 Å². The van der Waals surface area contributed by atoms with Gasteiger partial charge in [-0.3, -0.25) is 9.59 Å². The van der Waals surface area contributed by atoms with E-state index < -0.39 is 0 Å². The standard InChI is InChI=1S/C17H16N4O3S/c1-11(22)18-10-15(23)19-13-6-3-2-5-12(13)9-16-20-17(21-24-16)14-7-4-8-25-14/h2-8H,9-10H2,1H3,(H,18,22)(H,19,23). The van der Waals surface area contributed by atoms with Gasteiger partial charge in [0.1, 0.15) is 0 Å². The summed E-state index contributed by atoms with van der Waals surface area (Å²) in [6, 6.07) is 11.2. The molecular formula is C17H16N4O3S. The number of nitrogens with zero attached hydrogens (tertiary/aromatic N) is 2. The fourth-order valence-corrected chi connectivity index (χ4v) is 2.84. The van der Waals surface area contributed by atoms with Gasteiger partial charge in [0.15, 0.2) is 0 Å². The number of carbonyl (C=O) groups is 2. The second kappa shape index (κ2) is 7.71. The summed E-state index contributed by atoms with van der Waals surface area (Å²) in [7, 11) is 0. The average molecular weight is 356 g/mol. The molecule has 0 fully saturated rings. The quantitative estimate of drug-likeness (QED) is 0.707. The third-order valence-electron chi connectivity index (χ3n) is 3.34. The molecule has 2 aromatic heterocycles. The number of amides is 2. The van der Waals surface area contributed by atoms with Gasteiger partial charge in [-0.2, -0.15) is 4.98 Å². The molecule has 2 amide bonds. The lowest BCUT2D eigenvalue weighted by Crippen LogP contribution is -2.31. The van der Waals surface area contributed by atoms with E-state index in [0.717, 1.165) is 10.4 Å². The van der Waals surface area contributed by atoms with E-state index in [4.69, 9.17) is 4.52 Å². The van der Waals surface area contributed by atoms with Crippen molar-refractivity contribution in [3.8, 4) is 10.7 Å². The van der Waals surface area contributed by atoms with Crippen molar-refractivity contribution in [2.45, 2.75) is 13.3 Å². The maximum Gasteiger partial charge on any atom is 0.243 e. The minimum absolute atomic E-state index is 0.0766. The Morgan fingerprint density at radius 2 is 2.04 bits per heavy atom. The van der Waals surface area contributed by atoms with Gasteiger partial charge in [0.05, 0.1) is 17.8 Å². The maximum atomic E-state index is 11.9. The first kappa shape index (κ1) is 16.8. The number of nitrogens with one attached hydrogen (secondary N) is 2. The normalized spacial score (nSPS) is 10.4. The zero-order valence-corrected chi connectivity index (χ0v) is 14.3. The highest BCUT2D eigenvalue weighted by molar-refractivity contribution is 7.13. The second-order valence-corrected chi connectivity index (χ2v) is 6.23. The van der Waals surface area contributed by atoms with Crippen LogP contribution in [0.3, 0.4) is 0 Å². The second-order valence-electron chi connectivity index (χ2n) is 5.28. The topological polar surface area (TPSA) is 97.1 Å². The van der Waals surface area contributed by atoms with Crippen LogP contribution in [-0.4, -0.2) is 28.5 Å². The summed E-state index contributed by atoms with van der Waals surface area (Å²) in [5, 5.41) is 11.2. The fourth-order valence-electron chi connectivity index (χ4n) is 2.19. The van der Waals surface area contributed by atoms with Crippen molar-refractivity contribution in [2.24, 2.45) is 0 Å². The van der Waals surface area contributed by atoms with Gasteiger partial charge in [-0.1, -0.05) is 29.4 Å². The first-order valence-electron chi connectivity index (χ1n) is 7.60. The Balaban J connectivity index is 1.71. The predicted octanol–water partition coefficient (Wildman–Crippen LogP) is 2.46. The van der Waals surface area contributed by atoms with Crippen molar-refractivity contribution in [3.05, 3.63) is 53.2 Å². The number of anilines is 1. The van der Waals surface area contributed by atoms with E-state index in [2.05, 4.69) is 20.8 Å². The van der Waals surface area contributed by atoms with E-state index in [0.29, 0.717) is 23.8 Å². The minimum Gasteiger partial charge on any atom is -0.347 e. The molecule has 0 spiro atoms. The Labute approximate surface area is 148 Å². The molecular weight excluding hydrogens is 340 g/mol. The Hall–Kier alpha value is -3.00. The molecule has 3 aromatic rings. The molecule has 0 aliphatic heterocycles. The van der Waals surface area contributed by atoms with Crippen molar-refractivity contribution in [3.63, 3.8) is 0 Å². The third-order valence-corrected chi connectivity index (χ3v) is 4.21. The van der Waals surface area contributed by atoms with Crippen LogP contribution in [0.25, 0.3) is 10.7 Å². The number of thiophene rings is 1. The lowest BCUT2D eigenvalue weighted by Gasteiger charge is -2.09. The molecule has 3 rings (SSSR count). The Kier molecular flexibility index (Phi) is 5.20. The van der Waals surface area contributed by atoms with E-state index >= 15 is 0 Å². The Morgan fingerprint density at radius 1 is 1.20 bits per heavy atom. The van der Waals surface area contributed by atoms with Crippen LogP contribution in [0, 0.1) is 0 Å². The van der Waals surface area contributed by atoms with Crippen molar-refractivity contribution >= 4 is 28.8 Å². The van der Waals surface area contributed by atoms with Crippen LogP contribution in [0.2, 0.25) is 0 Å². The van der Waals surface area contributed by atoms with Gasteiger partial charge in [-0.05, 0) is 23.1 Å². The maximum absolute atomic E-state index is 11.9. The van der Waals surface area contributed by atoms with Gasteiger partial charge in [0, 0.05) is 12.6 Å². The summed E-state index contributed by atoms with van der Waals surface area (Å²) >= 11 is 1.54. The van der Waals surface area contributed by atoms with Crippen molar-refractivity contribution in [1.29, 1.82) is 0 Å². The molecule has 2 N–H and O–H groups in total. The van der Waals surface area contributed by atoms with Gasteiger partial charge in [0.25, 0.3) is 0 Å². The summed E-state index contributed by atoms with van der Waals surface area (Å²) in [4.78, 5) is 28.1. The lowest BCUT2D eigenvalue weighted by atomic mass is 10.1. The Morgan fingerprint density at radius 3 is 2.80 bits per heavy atom. The van der Waals surface area contributed by atoms with E-state index in [1.165, 1.54) is 18.3 Å². The molecule has 0 radical (unpaired) electrons. The molecule has 0 aliphatic rings. The molecule has 25 heavy (non-hydrogen) atoms. The molecule has 0 bridgehead atoms. The number of benzene rings is 1. The van der Waals surface area contributed by atoms with Crippen LogP contribution in [0.15, 0.2) is 46.3 Å². The average Bonchev–Trinajstić information content (AvgIpc) is 3.26. The number of hydrogen-bond acceptors (Lipinski definition) is 6. The molecule has 0 saturated carbocycles. The van der Waals surface area contributed by atoms with Gasteiger partial charge in [-0.15, -0.1) is 11.3 Å². The first-order valence-corrected chi connectivity index (χ1v) is 8.48. The molecule has 0 atom stereocenters. The molecule has 8 heteroatoms. The summed E-state index contributed by atoms with van der Waals surface area (Å²) < 4.78 is 5.31. The minimum atomic E-state index is -0.299. The molecule has 0 aliphatic carbocycles. The highest BCUT2D eigenvalue weighted by atomic mass is 32.1. The first-order chi connectivity index (χ1) is 12.1. The largest absolute Gasteiger partial charge is 0.347 e. The van der Waals surface area contributed by atoms with E-state index in [1.807, 2.05) is 35.7 Å². The molecule has 1 aromatic carbocycles. The smallest absolute Gasteiger partial charge is 0.243 e. The van der Waals surface area contributed by atoms with Gasteiger partial charge < -0.3 is 15.2 Å². The molecule has 0 unspecified atom stereocenters. The molecule has 0 saturated heterocycles. The highest BCUT2D eigenvalue weighted by Gasteiger charge is 2.13. The number of rotatable bonds is 6. The monoisotopic (exact) mass is 356 g/mol. The third kappa shape index (κ3) is 4.51. The van der Waals surface area contributed by atoms with Crippen LogP contribution in [0.1, 0.15) is 18.4 Å². The lowest BCUT2D eigenvalue weighted by molar-refractivity contribution is -0.122. The van der Waals surface area contributed by atoms with Crippen LogP contribution in [0.5, 0.6) is 0 Å². The van der Waals surface area contributed by atoms with Crippen LogP contribution in [-0.2, 0) is 16.0 Å². The van der Waals surface area contributed by atoms with Gasteiger partial charge in [0.2, 0.25) is 23.5 Å². The molecule has 2 heterocycles. The van der Waals surface area contributed by atoms with E-state index in [1.54, 1.807) is 6.07 Å². The number of hydrogen-bond donors (Lipinski definition) is 2. The predicted molar refractivity (Wildman–Crippen MR) is 94.2 cm³/mol. The van der Waals surface area contributed by atoms with Crippen LogP contribution < -0.4 is 10.6 Å². The molecule has 128 valence electrons. The fraction of sp³-hybridized carbons (Fsp3) is 0.176. The summed E-state index contributed by atoms with van der Waals surface area (Å²) in [6.45, 7) is 1.29. The number of carbonyl (C=O) groups excluding carboxylic acids is 2. The number of aromatic nitrogens is 2. The zero-order valence-electron chi connectivity index (χ0n) is 13.5. The molecule has 7 nitrogen and oxygen atoms in total. The van der Waals surface area contributed by atoms with Crippen molar-refractivity contribution in [2.75, 3.05) is 11.9 Å². The van der Waals surface area contributed by atoms with E-state index in [-0.39, 0.29) is 18.4 Å². The Bertz CT molecular complexity index is 874. The summed E-state index contributed by atoms with van der Waals surface area (Å²) in [5.74, 6) is 0.465.